The lowest BCUT2D eigenvalue weighted by molar-refractivity contribution is 0.386. The Labute approximate surface area is 149 Å². The van der Waals surface area contributed by atoms with Gasteiger partial charge in [0.05, 0.1) is 5.52 Å². The lowest BCUT2D eigenvalue weighted by Crippen LogP contribution is -2.21. The first-order chi connectivity index (χ1) is 11.9. The zero-order valence-electron chi connectivity index (χ0n) is 15.8. The van der Waals surface area contributed by atoms with Gasteiger partial charge in [0.2, 0.25) is 0 Å². The molecule has 0 bridgehead atoms. The molecule has 0 aliphatic carbocycles. The zero-order valence-corrected chi connectivity index (χ0v) is 15.8. The summed E-state index contributed by atoms with van der Waals surface area (Å²) < 4.78 is 2.23. The van der Waals surface area contributed by atoms with Crippen LogP contribution in [0.4, 0.5) is 0 Å². The Morgan fingerprint density at radius 3 is 2.28 bits per heavy atom. The number of aromatic nitrogens is 1. The van der Waals surface area contributed by atoms with Gasteiger partial charge in [-0.1, -0.05) is 35.9 Å². The second kappa shape index (κ2) is 6.85. The highest BCUT2D eigenvalue weighted by Crippen LogP contribution is 2.23. The van der Waals surface area contributed by atoms with Crippen molar-refractivity contribution in [3.63, 3.8) is 0 Å². The maximum absolute atomic E-state index is 13.2. The molecule has 0 atom stereocenters. The van der Waals surface area contributed by atoms with Gasteiger partial charge in [0.25, 0.3) is 0 Å². The van der Waals surface area contributed by atoms with E-state index in [4.69, 9.17) is 0 Å². The molecule has 0 spiro atoms. The Balaban J connectivity index is 2.29. The normalized spacial score (nSPS) is 11.4. The highest BCUT2D eigenvalue weighted by atomic mass is 16.1. The molecule has 0 N–H and O–H groups in total. The van der Waals surface area contributed by atoms with Crippen LogP contribution in [0.2, 0.25) is 0 Å². The molecule has 3 nitrogen and oxygen atoms in total. The first-order valence-electron chi connectivity index (χ1n) is 8.73. The number of fused-ring (bicyclic) bond motifs is 1. The van der Waals surface area contributed by atoms with Crippen LogP contribution in [0.3, 0.4) is 0 Å². The van der Waals surface area contributed by atoms with Crippen LogP contribution < -0.4 is 5.43 Å². The van der Waals surface area contributed by atoms with Crippen molar-refractivity contribution >= 4 is 10.9 Å². The van der Waals surface area contributed by atoms with Crippen LogP contribution in [-0.2, 0) is 6.54 Å². The Hall–Kier alpha value is -2.39. The van der Waals surface area contributed by atoms with Crippen LogP contribution in [0.25, 0.3) is 22.0 Å². The van der Waals surface area contributed by atoms with Gasteiger partial charge in [0.1, 0.15) is 0 Å². The van der Waals surface area contributed by atoms with Crippen LogP contribution in [0.5, 0.6) is 0 Å². The molecule has 0 fully saturated rings. The molecule has 3 heteroatoms. The SMILES string of the molecule is Cc1ccc(-c2cn(CCN(C)C)c3cc(C)cc(C)c3c2=O)cc1. The molecule has 2 aromatic carbocycles. The van der Waals surface area contributed by atoms with Crippen molar-refractivity contribution in [1.82, 2.24) is 9.47 Å². The molecular formula is C22H26N2O. The van der Waals surface area contributed by atoms with Crippen molar-refractivity contribution in [2.75, 3.05) is 20.6 Å². The molecule has 130 valence electrons. The molecule has 0 unspecified atom stereocenters. The molecular weight excluding hydrogens is 308 g/mol. The average Bonchev–Trinajstić information content (AvgIpc) is 2.54. The van der Waals surface area contributed by atoms with Gasteiger partial charge in [-0.2, -0.15) is 0 Å². The third-order valence-corrected chi connectivity index (χ3v) is 4.68. The first kappa shape index (κ1) is 17.4. The van der Waals surface area contributed by atoms with E-state index in [1.165, 1.54) is 11.1 Å². The summed E-state index contributed by atoms with van der Waals surface area (Å²) >= 11 is 0. The number of hydrogen-bond acceptors (Lipinski definition) is 2. The van der Waals surface area contributed by atoms with Crippen molar-refractivity contribution in [3.05, 3.63) is 69.5 Å². The molecule has 0 saturated carbocycles. The Kier molecular flexibility index (Phi) is 4.78. The molecule has 1 heterocycles. The summed E-state index contributed by atoms with van der Waals surface area (Å²) in [6.45, 7) is 7.96. The molecule has 3 aromatic rings. The summed E-state index contributed by atoms with van der Waals surface area (Å²) in [4.78, 5) is 15.4. The summed E-state index contributed by atoms with van der Waals surface area (Å²) in [6, 6.07) is 12.4. The van der Waals surface area contributed by atoms with Crippen LogP contribution in [0.15, 0.2) is 47.4 Å². The molecule has 25 heavy (non-hydrogen) atoms. The van der Waals surface area contributed by atoms with Crippen LogP contribution in [0.1, 0.15) is 16.7 Å². The van der Waals surface area contributed by atoms with Gasteiger partial charge in [-0.25, -0.2) is 0 Å². The number of pyridine rings is 1. The topological polar surface area (TPSA) is 25.2 Å². The smallest absolute Gasteiger partial charge is 0.197 e. The average molecular weight is 334 g/mol. The third-order valence-electron chi connectivity index (χ3n) is 4.68. The zero-order chi connectivity index (χ0) is 18.1. The molecule has 0 amide bonds. The van der Waals surface area contributed by atoms with E-state index >= 15 is 0 Å². The van der Waals surface area contributed by atoms with Gasteiger partial charge >= 0.3 is 0 Å². The number of aryl methyl sites for hydroxylation is 3. The predicted octanol–water partition coefficient (Wildman–Crippen LogP) is 4.16. The predicted molar refractivity (Wildman–Crippen MR) is 106 cm³/mol. The summed E-state index contributed by atoms with van der Waals surface area (Å²) in [5, 5.41) is 0.836. The Morgan fingerprint density at radius 1 is 0.960 bits per heavy atom. The van der Waals surface area contributed by atoms with Gasteiger partial charge in [0.15, 0.2) is 5.43 Å². The second-order valence-electron chi connectivity index (χ2n) is 7.21. The fourth-order valence-electron chi connectivity index (χ4n) is 3.32. The quantitative estimate of drug-likeness (QED) is 0.716. The molecule has 0 saturated heterocycles. The Bertz CT molecular complexity index is 966. The number of benzene rings is 2. The van der Waals surface area contributed by atoms with Crippen LogP contribution in [0, 0.1) is 20.8 Å². The summed E-state index contributed by atoms with van der Waals surface area (Å²) in [5.41, 5.74) is 6.34. The van der Waals surface area contributed by atoms with E-state index in [0.717, 1.165) is 40.7 Å². The first-order valence-corrected chi connectivity index (χ1v) is 8.73. The van der Waals surface area contributed by atoms with Gasteiger partial charge in [-0.05, 0) is 57.6 Å². The van der Waals surface area contributed by atoms with Crippen molar-refractivity contribution in [3.8, 4) is 11.1 Å². The molecule has 0 aliphatic rings. The fourth-order valence-corrected chi connectivity index (χ4v) is 3.32. The second-order valence-corrected chi connectivity index (χ2v) is 7.21. The lowest BCUT2D eigenvalue weighted by atomic mass is 9.99. The maximum Gasteiger partial charge on any atom is 0.197 e. The molecule has 0 aliphatic heterocycles. The monoisotopic (exact) mass is 334 g/mol. The van der Waals surface area contributed by atoms with E-state index in [1.54, 1.807) is 0 Å². The van der Waals surface area contributed by atoms with Crippen molar-refractivity contribution < 1.29 is 0 Å². The van der Waals surface area contributed by atoms with Crippen LogP contribution in [-0.4, -0.2) is 30.1 Å². The lowest BCUT2D eigenvalue weighted by Gasteiger charge is -2.18. The van der Waals surface area contributed by atoms with E-state index in [0.29, 0.717) is 0 Å². The number of nitrogens with zero attached hydrogens (tertiary/aromatic N) is 2. The fraction of sp³-hybridized carbons (Fsp3) is 0.318. The van der Waals surface area contributed by atoms with Gasteiger partial charge < -0.3 is 9.47 Å². The minimum absolute atomic E-state index is 0.123. The number of likely N-dealkylation sites (N-methyl/N-ethyl adjacent to an activating group) is 1. The largest absolute Gasteiger partial charge is 0.345 e. The van der Waals surface area contributed by atoms with Gasteiger partial charge in [-0.3, -0.25) is 4.79 Å². The van der Waals surface area contributed by atoms with Crippen molar-refractivity contribution in [2.24, 2.45) is 0 Å². The highest BCUT2D eigenvalue weighted by molar-refractivity contribution is 5.87. The van der Waals surface area contributed by atoms with E-state index in [1.807, 2.05) is 25.3 Å². The summed E-state index contributed by atoms with van der Waals surface area (Å²) in [6.07, 6.45) is 2.03. The van der Waals surface area contributed by atoms with Crippen molar-refractivity contribution in [2.45, 2.75) is 27.3 Å². The summed E-state index contributed by atoms with van der Waals surface area (Å²) in [7, 11) is 4.14. The van der Waals surface area contributed by atoms with E-state index in [9.17, 15) is 4.79 Å². The van der Waals surface area contributed by atoms with E-state index < -0.39 is 0 Å². The van der Waals surface area contributed by atoms with Crippen LogP contribution >= 0.6 is 0 Å². The highest BCUT2D eigenvalue weighted by Gasteiger charge is 2.13. The van der Waals surface area contributed by atoms with Gasteiger partial charge in [-0.15, -0.1) is 0 Å². The minimum Gasteiger partial charge on any atom is -0.345 e. The minimum atomic E-state index is 0.123. The van der Waals surface area contributed by atoms with Gasteiger partial charge in [0, 0.05) is 30.2 Å². The summed E-state index contributed by atoms with van der Waals surface area (Å²) in [5.74, 6) is 0. The third kappa shape index (κ3) is 3.52. The Morgan fingerprint density at radius 2 is 1.64 bits per heavy atom. The van der Waals surface area contributed by atoms with E-state index in [-0.39, 0.29) is 5.43 Å². The standard InChI is InChI=1S/C22H26N2O/c1-15-6-8-18(9-7-15)19-14-24(11-10-23(4)5)20-13-16(2)12-17(3)21(20)22(19)25/h6-9,12-14H,10-11H2,1-5H3. The molecule has 0 radical (unpaired) electrons. The molecule has 3 rings (SSSR count). The number of rotatable bonds is 4. The van der Waals surface area contributed by atoms with Crippen molar-refractivity contribution in [1.29, 1.82) is 0 Å². The number of hydrogen-bond donors (Lipinski definition) is 0. The molecule has 1 aromatic heterocycles. The maximum atomic E-state index is 13.2. The van der Waals surface area contributed by atoms with E-state index in [2.05, 4.69) is 61.7 Å².